The molecule has 268 valence electrons. The Balaban J connectivity index is 1.12. The van der Waals surface area contributed by atoms with E-state index >= 15 is 0 Å². The van der Waals surface area contributed by atoms with Crippen LogP contribution in [0.5, 0.6) is 0 Å². The van der Waals surface area contributed by atoms with Gasteiger partial charge in [0.15, 0.2) is 0 Å². The number of nitrogens with zero attached hydrogens (tertiary/aromatic N) is 4. The van der Waals surface area contributed by atoms with Crippen LogP contribution in [-0.2, 0) is 0 Å². The van der Waals surface area contributed by atoms with Gasteiger partial charge in [-0.2, -0.15) is 0 Å². The number of rotatable bonds is 2. The average Bonchev–Trinajstić information content (AvgIpc) is 4.01. The molecular formula is C52H28N4OS. The number of furan rings is 1. The van der Waals surface area contributed by atoms with Crippen molar-refractivity contribution in [1.29, 1.82) is 0 Å². The second kappa shape index (κ2) is 11.1. The van der Waals surface area contributed by atoms with Gasteiger partial charge in [0.2, 0.25) is 5.95 Å². The van der Waals surface area contributed by atoms with Crippen molar-refractivity contribution in [2.75, 3.05) is 0 Å². The molecule has 5 aromatic heterocycles. The number of hydrogen-bond donors (Lipinski definition) is 0. The summed E-state index contributed by atoms with van der Waals surface area (Å²) in [5.74, 6) is 0.634. The highest BCUT2D eigenvalue weighted by molar-refractivity contribution is 7.26. The molecule has 0 bridgehead atoms. The van der Waals surface area contributed by atoms with Gasteiger partial charge in [-0.25, -0.2) is 9.97 Å². The fourth-order valence-electron chi connectivity index (χ4n) is 9.85. The Morgan fingerprint density at radius 2 is 1.05 bits per heavy atom. The van der Waals surface area contributed by atoms with Crippen molar-refractivity contribution in [2.45, 2.75) is 0 Å². The first-order valence-corrected chi connectivity index (χ1v) is 20.4. The van der Waals surface area contributed by atoms with Crippen LogP contribution >= 0.6 is 11.3 Å². The lowest BCUT2D eigenvalue weighted by Gasteiger charge is -2.12. The van der Waals surface area contributed by atoms with E-state index in [0.717, 1.165) is 70.6 Å². The lowest BCUT2D eigenvalue weighted by atomic mass is 9.94. The molecule has 58 heavy (non-hydrogen) atoms. The zero-order chi connectivity index (χ0) is 37.6. The standard InChI is InChI=1S/C52H28N4OS/c1-2-14-30-29(13-1)31-15-3-7-23-41(31)55-43-27-39-32-16-4-8-24-42(32)56(44(39)28-40(43)35-20-11-19-34(30)49(35)55)52-53-47-37-18-6-10-26-46(37)58-51(47)48(54-52)38-22-12-21-36-33-17-5-9-25-45(33)57-50(36)38/h1-28H. The topological polar surface area (TPSA) is 48.8 Å². The van der Waals surface area contributed by atoms with Gasteiger partial charge in [-0.05, 0) is 53.6 Å². The predicted molar refractivity (Wildman–Crippen MR) is 241 cm³/mol. The van der Waals surface area contributed by atoms with Gasteiger partial charge in [0, 0.05) is 59.1 Å². The van der Waals surface area contributed by atoms with Crippen LogP contribution in [0, 0.1) is 0 Å². The highest BCUT2D eigenvalue weighted by Gasteiger charge is 2.27. The van der Waals surface area contributed by atoms with E-state index in [-0.39, 0.29) is 0 Å². The molecular weight excluding hydrogens is 729 g/mol. The second-order valence-electron chi connectivity index (χ2n) is 15.3. The van der Waals surface area contributed by atoms with E-state index in [1.54, 1.807) is 11.3 Å². The van der Waals surface area contributed by atoms with Crippen molar-refractivity contribution in [3.8, 4) is 45.1 Å². The summed E-state index contributed by atoms with van der Waals surface area (Å²) in [6.45, 7) is 0. The largest absolute Gasteiger partial charge is 0.455 e. The molecule has 5 nitrogen and oxygen atoms in total. The van der Waals surface area contributed by atoms with Crippen molar-refractivity contribution < 1.29 is 4.42 Å². The molecule has 0 amide bonds. The summed E-state index contributed by atoms with van der Waals surface area (Å²) < 4.78 is 13.6. The normalized spacial score (nSPS) is 12.5. The summed E-state index contributed by atoms with van der Waals surface area (Å²) >= 11 is 1.74. The van der Waals surface area contributed by atoms with Crippen molar-refractivity contribution in [3.63, 3.8) is 0 Å². The molecule has 0 unspecified atom stereocenters. The first kappa shape index (κ1) is 30.7. The second-order valence-corrected chi connectivity index (χ2v) is 16.3. The molecule has 8 aromatic carbocycles. The van der Waals surface area contributed by atoms with Crippen molar-refractivity contribution in [3.05, 3.63) is 170 Å². The number of aromatic nitrogens is 4. The summed E-state index contributed by atoms with van der Waals surface area (Å²) in [6.07, 6.45) is 0. The first-order valence-electron chi connectivity index (χ1n) is 19.6. The molecule has 0 N–H and O–H groups in total. The molecule has 1 aliphatic rings. The Morgan fingerprint density at radius 3 is 1.93 bits per heavy atom. The summed E-state index contributed by atoms with van der Waals surface area (Å²) in [4.78, 5) is 11.1. The highest BCUT2D eigenvalue weighted by Crippen LogP contribution is 2.49. The molecule has 0 aliphatic carbocycles. The SMILES string of the molecule is c1ccc2c(c1)-c1ccccc1-n1c3cc4c5ccccc5n(-c5nc(-c6cccc7c6oc6ccccc67)c6sc7ccccc7c6n5)c4cc3c3cccc-2c31. The van der Waals surface area contributed by atoms with Crippen molar-refractivity contribution in [1.82, 2.24) is 19.1 Å². The van der Waals surface area contributed by atoms with E-state index in [1.807, 2.05) is 12.1 Å². The van der Waals surface area contributed by atoms with Crippen molar-refractivity contribution >= 4 is 97.2 Å². The maximum atomic E-state index is 6.64. The molecule has 0 spiro atoms. The van der Waals surface area contributed by atoms with Gasteiger partial charge in [-0.3, -0.25) is 4.57 Å². The van der Waals surface area contributed by atoms with Gasteiger partial charge in [0.1, 0.15) is 11.2 Å². The Kier molecular flexibility index (Phi) is 5.85. The number of thiophene rings is 1. The monoisotopic (exact) mass is 756 g/mol. The van der Waals surface area contributed by atoms with Gasteiger partial charge in [-0.1, -0.05) is 127 Å². The minimum atomic E-state index is 0.634. The maximum absolute atomic E-state index is 6.64. The number of benzene rings is 8. The molecule has 6 heterocycles. The minimum Gasteiger partial charge on any atom is -0.455 e. The Morgan fingerprint density at radius 1 is 0.431 bits per heavy atom. The zero-order valence-corrected chi connectivity index (χ0v) is 31.6. The zero-order valence-electron chi connectivity index (χ0n) is 30.8. The van der Waals surface area contributed by atoms with Crippen LogP contribution in [0.2, 0.25) is 0 Å². The van der Waals surface area contributed by atoms with Gasteiger partial charge in [0.25, 0.3) is 0 Å². The Bertz CT molecular complexity index is 3940. The van der Waals surface area contributed by atoms with E-state index in [4.69, 9.17) is 14.4 Å². The highest BCUT2D eigenvalue weighted by atomic mass is 32.1. The first-order chi connectivity index (χ1) is 28.8. The van der Waals surface area contributed by atoms with Crippen LogP contribution in [0.3, 0.4) is 0 Å². The van der Waals surface area contributed by atoms with E-state index < -0.39 is 0 Å². The third-order valence-corrected chi connectivity index (χ3v) is 13.5. The fraction of sp³-hybridized carbons (Fsp3) is 0. The predicted octanol–water partition coefficient (Wildman–Crippen LogP) is 14.3. The van der Waals surface area contributed by atoms with E-state index in [1.165, 1.54) is 54.4 Å². The third-order valence-electron chi connectivity index (χ3n) is 12.3. The summed E-state index contributed by atoms with van der Waals surface area (Å²) in [5.41, 5.74) is 15.2. The lowest BCUT2D eigenvalue weighted by Crippen LogP contribution is -2.03. The third kappa shape index (κ3) is 3.89. The molecule has 0 fully saturated rings. The number of fused-ring (bicyclic) bond motifs is 17. The van der Waals surface area contributed by atoms with Gasteiger partial charge >= 0.3 is 0 Å². The van der Waals surface area contributed by atoms with E-state index in [2.05, 4.69) is 167 Å². The Hall–Kier alpha value is -7.54. The smallest absolute Gasteiger partial charge is 0.235 e. The summed E-state index contributed by atoms with van der Waals surface area (Å²) in [6, 6.07) is 61.1. The fourth-order valence-corrected chi connectivity index (χ4v) is 11.0. The molecule has 6 heteroatoms. The van der Waals surface area contributed by atoms with Crippen LogP contribution in [0.15, 0.2) is 174 Å². The maximum Gasteiger partial charge on any atom is 0.235 e. The van der Waals surface area contributed by atoms with Gasteiger partial charge in [-0.15, -0.1) is 11.3 Å². The van der Waals surface area contributed by atoms with E-state index in [0.29, 0.717) is 5.95 Å². The molecule has 0 radical (unpaired) electrons. The van der Waals surface area contributed by atoms with Crippen LogP contribution in [0.25, 0.3) is 131 Å². The molecule has 0 saturated carbocycles. The van der Waals surface area contributed by atoms with Crippen molar-refractivity contribution in [2.24, 2.45) is 0 Å². The van der Waals surface area contributed by atoms with Crippen LogP contribution < -0.4 is 0 Å². The quantitative estimate of drug-likeness (QED) is 0.176. The molecule has 0 saturated heterocycles. The summed E-state index contributed by atoms with van der Waals surface area (Å²) in [5, 5.41) is 8.02. The van der Waals surface area contributed by atoms with Gasteiger partial charge in [0.05, 0.1) is 43.7 Å². The molecule has 13 aromatic rings. The summed E-state index contributed by atoms with van der Waals surface area (Å²) in [7, 11) is 0. The minimum absolute atomic E-state index is 0.634. The molecule has 1 aliphatic heterocycles. The van der Waals surface area contributed by atoms with Crippen LogP contribution in [0.1, 0.15) is 0 Å². The molecule has 14 rings (SSSR count). The molecule has 0 atom stereocenters. The number of hydrogen-bond acceptors (Lipinski definition) is 4. The van der Waals surface area contributed by atoms with Crippen LogP contribution in [-0.4, -0.2) is 19.1 Å². The number of para-hydroxylation sites is 5. The van der Waals surface area contributed by atoms with Crippen LogP contribution in [0.4, 0.5) is 0 Å². The van der Waals surface area contributed by atoms with E-state index in [9.17, 15) is 0 Å². The van der Waals surface area contributed by atoms with Gasteiger partial charge < -0.3 is 8.98 Å². The Labute approximate surface area is 334 Å². The average molecular weight is 757 g/mol. The lowest BCUT2D eigenvalue weighted by molar-refractivity contribution is 0.670.